The molecule has 3 rings (SSSR count). The third-order valence-corrected chi connectivity index (χ3v) is 3.45. The zero-order valence-corrected chi connectivity index (χ0v) is 10.8. The lowest BCUT2D eigenvalue weighted by Crippen LogP contribution is -1.82. The summed E-state index contributed by atoms with van der Waals surface area (Å²) in [5.74, 6) is 0. The minimum absolute atomic E-state index is 1.29. The molecule has 0 heteroatoms. The third-order valence-electron chi connectivity index (χ3n) is 3.45. The zero-order valence-electron chi connectivity index (χ0n) is 10.8. The van der Waals surface area contributed by atoms with Crippen LogP contribution in [-0.4, -0.2) is 0 Å². The molecule has 0 heterocycles. The number of benzene rings is 3. The Kier molecular flexibility index (Phi) is 2.64. The molecule has 0 saturated carbocycles. The monoisotopic (exact) mass is 232 g/mol. The third kappa shape index (κ3) is 1.91. The first-order chi connectivity index (χ1) is 8.74. The van der Waals surface area contributed by atoms with Crippen molar-refractivity contribution in [2.45, 2.75) is 13.8 Å². The van der Waals surface area contributed by atoms with Crippen LogP contribution in [0.4, 0.5) is 0 Å². The van der Waals surface area contributed by atoms with Crippen molar-refractivity contribution in [2.75, 3.05) is 0 Å². The molecule has 0 unspecified atom stereocenters. The molecule has 0 saturated heterocycles. The standard InChI is InChI=1S/C18H16/c1-13-5-3-7-15(11-13)16-9-10-18-14(2)6-4-8-17(18)12-16/h3-12H,1-2H3. The first-order valence-corrected chi connectivity index (χ1v) is 6.30. The summed E-state index contributed by atoms with van der Waals surface area (Å²) in [6, 6.07) is 21.8. The summed E-state index contributed by atoms with van der Waals surface area (Å²) in [6.45, 7) is 4.30. The fraction of sp³-hybridized carbons (Fsp3) is 0.111. The van der Waals surface area contributed by atoms with E-state index in [1.54, 1.807) is 0 Å². The normalized spacial score (nSPS) is 10.8. The molecule has 0 spiro atoms. The molecule has 0 nitrogen and oxygen atoms in total. The van der Waals surface area contributed by atoms with Gasteiger partial charge in [0.1, 0.15) is 0 Å². The summed E-state index contributed by atoms with van der Waals surface area (Å²) in [5.41, 5.74) is 5.22. The quantitative estimate of drug-likeness (QED) is 0.546. The van der Waals surface area contributed by atoms with Gasteiger partial charge >= 0.3 is 0 Å². The molecule has 0 amide bonds. The van der Waals surface area contributed by atoms with Gasteiger partial charge in [0.25, 0.3) is 0 Å². The molecule has 18 heavy (non-hydrogen) atoms. The molecule has 3 aromatic carbocycles. The Morgan fingerprint density at radius 3 is 2.28 bits per heavy atom. The first kappa shape index (κ1) is 11.0. The Hall–Kier alpha value is -2.08. The average Bonchev–Trinajstić information content (AvgIpc) is 2.39. The maximum Gasteiger partial charge on any atom is -0.0154 e. The molecule has 0 atom stereocenters. The lowest BCUT2D eigenvalue weighted by molar-refractivity contribution is 1.47. The predicted octanol–water partition coefficient (Wildman–Crippen LogP) is 5.12. The maximum atomic E-state index is 2.27. The van der Waals surface area contributed by atoms with Crippen molar-refractivity contribution in [2.24, 2.45) is 0 Å². The van der Waals surface area contributed by atoms with E-state index in [0.29, 0.717) is 0 Å². The van der Waals surface area contributed by atoms with Gasteiger partial charge in [-0.15, -0.1) is 0 Å². The topological polar surface area (TPSA) is 0 Å². The van der Waals surface area contributed by atoms with Crippen molar-refractivity contribution in [3.05, 3.63) is 71.8 Å². The number of rotatable bonds is 1. The van der Waals surface area contributed by atoms with Crippen LogP contribution in [0.2, 0.25) is 0 Å². The SMILES string of the molecule is Cc1cccc(-c2ccc3c(C)cccc3c2)c1. The number of hydrogen-bond acceptors (Lipinski definition) is 0. The fourth-order valence-electron chi connectivity index (χ4n) is 2.45. The number of hydrogen-bond donors (Lipinski definition) is 0. The van der Waals surface area contributed by atoms with Crippen molar-refractivity contribution < 1.29 is 0 Å². The molecule has 0 aliphatic carbocycles. The first-order valence-electron chi connectivity index (χ1n) is 6.30. The van der Waals surface area contributed by atoms with Gasteiger partial charge < -0.3 is 0 Å². The van der Waals surface area contributed by atoms with Gasteiger partial charge in [-0.2, -0.15) is 0 Å². The van der Waals surface area contributed by atoms with Crippen molar-refractivity contribution in [3.8, 4) is 11.1 Å². The van der Waals surface area contributed by atoms with Crippen LogP contribution >= 0.6 is 0 Å². The highest BCUT2D eigenvalue weighted by atomic mass is 14.1. The van der Waals surface area contributed by atoms with Crippen LogP contribution in [0.15, 0.2) is 60.7 Å². The predicted molar refractivity (Wildman–Crippen MR) is 78.9 cm³/mol. The van der Waals surface area contributed by atoms with Crippen LogP contribution in [0.5, 0.6) is 0 Å². The minimum atomic E-state index is 1.29. The van der Waals surface area contributed by atoms with E-state index in [1.807, 2.05) is 0 Å². The summed E-state index contributed by atoms with van der Waals surface area (Å²) in [4.78, 5) is 0. The van der Waals surface area contributed by atoms with Crippen LogP contribution in [0.25, 0.3) is 21.9 Å². The highest BCUT2D eigenvalue weighted by Gasteiger charge is 2.01. The smallest absolute Gasteiger partial charge is 0.0154 e. The van der Waals surface area contributed by atoms with Crippen molar-refractivity contribution in [1.29, 1.82) is 0 Å². The highest BCUT2D eigenvalue weighted by Crippen LogP contribution is 2.26. The van der Waals surface area contributed by atoms with Crippen LogP contribution < -0.4 is 0 Å². The van der Waals surface area contributed by atoms with Crippen LogP contribution in [0.1, 0.15) is 11.1 Å². The van der Waals surface area contributed by atoms with Gasteiger partial charge in [-0.3, -0.25) is 0 Å². The second kappa shape index (κ2) is 4.30. The Bertz CT molecular complexity index is 708. The Morgan fingerprint density at radius 1 is 0.667 bits per heavy atom. The maximum absolute atomic E-state index is 2.27. The number of fused-ring (bicyclic) bond motifs is 1. The molecule has 0 aliphatic rings. The molecular weight excluding hydrogens is 216 g/mol. The highest BCUT2D eigenvalue weighted by molar-refractivity contribution is 5.89. The Balaban J connectivity index is 2.20. The van der Waals surface area contributed by atoms with Gasteiger partial charge in [-0.25, -0.2) is 0 Å². The largest absolute Gasteiger partial charge is 0.0614 e. The van der Waals surface area contributed by atoms with Gasteiger partial charge in [-0.05, 0) is 47.4 Å². The number of aryl methyl sites for hydroxylation is 2. The molecule has 0 N–H and O–H groups in total. The van der Waals surface area contributed by atoms with E-state index in [-0.39, 0.29) is 0 Å². The molecular formula is C18H16. The summed E-state index contributed by atoms with van der Waals surface area (Å²) < 4.78 is 0. The molecule has 0 aromatic heterocycles. The lowest BCUT2D eigenvalue weighted by atomic mass is 9.98. The van der Waals surface area contributed by atoms with Gasteiger partial charge in [0.05, 0.1) is 0 Å². The molecule has 0 aliphatic heterocycles. The van der Waals surface area contributed by atoms with Gasteiger partial charge in [0.15, 0.2) is 0 Å². The van der Waals surface area contributed by atoms with E-state index in [0.717, 1.165) is 0 Å². The fourth-order valence-corrected chi connectivity index (χ4v) is 2.45. The lowest BCUT2D eigenvalue weighted by Gasteiger charge is -2.06. The van der Waals surface area contributed by atoms with E-state index in [1.165, 1.54) is 33.0 Å². The van der Waals surface area contributed by atoms with Crippen molar-refractivity contribution in [3.63, 3.8) is 0 Å². The second-order valence-electron chi connectivity index (χ2n) is 4.88. The Labute approximate surface area is 108 Å². The molecule has 0 fully saturated rings. The van der Waals surface area contributed by atoms with Gasteiger partial charge in [0.2, 0.25) is 0 Å². The Morgan fingerprint density at radius 2 is 1.44 bits per heavy atom. The minimum Gasteiger partial charge on any atom is -0.0614 e. The molecule has 3 aromatic rings. The van der Waals surface area contributed by atoms with Crippen LogP contribution in [0, 0.1) is 13.8 Å². The average molecular weight is 232 g/mol. The summed E-state index contributed by atoms with van der Waals surface area (Å²) >= 11 is 0. The van der Waals surface area contributed by atoms with E-state index in [4.69, 9.17) is 0 Å². The summed E-state index contributed by atoms with van der Waals surface area (Å²) in [5, 5.41) is 2.66. The van der Waals surface area contributed by atoms with Crippen LogP contribution in [-0.2, 0) is 0 Å². The van der Waals surface area contributed by atoms with E-state index in [2.05, 4.69) is 74.5 Å². The van der Waals surface area contributed by atoms with E-state index >= 15 is 0 Å². The second-order valence-corrected chi connectivity index (χ2v) is 4.88. The molecule has 0 radical (unpaired) electrons. The summed E-state index contributed by atoms with van der Waals surface area (Å²) in [7, 11) is 0. The van der Waals surface area contributed by atoms with Crippen molar-refractivity contribution >= 4 is 10.8 Å². The van der Waals surface area contributed by atoms with Gasteiger partial charge in [0, 0.05) is 0 Å². The van der Waals surface area contributed by atoms with Gasteiger partial charge in [-0.1, -0.05) is 60.2 Å². The van der Waals surface area contributed by atoms with Crippen molar-refractivity contribution in [1.82, 2.24) is 0 Å². The van der Waals surface area contributed by atoms with E-state index < -0.39 is 0 Å². The molecule has 88 valence electrons. The molecule has 0 bridgehead atoms. The summed E-state index contributed by atoms with van der Waals surface area (Å²) in [6.07, 6.45) is 0. The zero-order chi connectivity index (χ0) is 12.5. The van der Waals surface area contributed by atoms with Crippen LogP contribution in [0.3, 0.4) is 0 Å². The van der Waals surface area contributed by atoms with E-state index in [9.17, 15) is 0 Å².